The van der Waals surface area contributed by atoms with Crippen molar-refractivity contribution in [3.05, 3.63) is 47.1 Å². The molecule has 1 aromatic carbocycles. The van der Waals surface area contributed by atoms with E-state index in [1.54, 1.807) is 19.4 Å². The lowest BCUT2D eigenvalue weighted by Gasteiger charge is -2.20. The molecule has 0 spiro atoms. The van der Waals surface area contributed by atoms with Gasteiger partial charge in [0, 0.05) is 18.9 Å². The summed E-state index contributed by atoms with van der Waals surface area (Å²) in [6.07, 6.45) is 1.61. The summed E-state index contributed by atoms with van der Waals surface area (Å²) in [5.41, 5.74) is 1.64. The van der Waals surface area contributed by atoms with Crippen LogP contribution in [0.4, 0.5) is 11.5 Å². The van der Waals surface area contributed by atoms with E-state index in [0.717, 1.165) is 11.4 Å². The number of benzene rings is 1. The van der Waals surface area contributed by atoms with E-state index in [9.17, 15) is 0 Å². The summed E-state index contributed by atoms with van der Waals surface area (Å²) in [5, 5.41) is 9.54. The lowest BCUT2D eigenvalue weighted by Crippen LogP contribution is -2.12. The number of pyridine rings is 1. The second kappa shape index (κ2) is 5.91. The normalized spacial score (nSPS) is 10.3. The number of aliphatic hydroxyl groups excluding tert-OH is 1. The van der Waals surface area contributed by atoms with Crippen LogP contribution in [0.3, 0.4) is 0 Å². The number of aromatic nitrogens is 1. The fourth-order valence-electron chi connectivity index (χ4n) is 1.73. The fraction of sp³-hybridized carbons (Fsp3) is 0.214. The van der Waals surface area contributed by atoms with Gasteiger partial charge in [-0.1, -0.05) is 11.6 Å². The smallest absolute Gasteiger partial charge is 0.151 e. The second-order valence-corrected chi connectivity index (χ2v) is 4.47. The van der Waals surface area contributed by atoms with E-state index in [0.29, 0.717) is 16.4 Å². The average Bonchev–Trinajstić information content (AvgIpc) is 2.46. The molecule has 0 saturated heterocycles. The van der Waals surface area contributed by atoms with Crippen LogP contribution in [-0.4, -0.2) is 24.2 Å². The largest absolute Gasteiger partial charge is 0.497 e. The van der Waals surface area contributed by atoms with Crippen molar-refractivity contribution in [2.45, 2.75) is 6.61 Å². The third kappa shape index (κ3) is 2.97. The highest BCUT2D eigenvalue weighted by Crippen LogP contribution is 2.29. The first kappa shape index (κ1) is 13.6. The highest BCUT2D eigenvalue weighted by Gasteiger charge is 2.10. The number of methoxy groups -OCH3 is 1. The van der Waals surface area contributed by atoms with Gasteiger partial charge < -0.3 is 14.7 Å². The van der Waals surface area contributed by atoms with E-state index >= 15 is 0 Å². The maximum Gasteiger partial charge on any atom is 0.151 e. The van der Waals surface area contributed by atoms with Gasteiger partial charge in [0.05, 0.1) is 18.7 Å². The number of ether oxygens (including phenoxy) is 1. The summed E-state index contributed by atoms with van der Waals surface area (Å²) in [4.78, 5) is 6.15. The minimum absolute atomic E-state index is 0.0702. The van der Waals surface area contributed by atoms with E-state index in [4.69, 9.17) is 21.4 Å². The van der Waals surface area contributed by atoms with Crippen LogP contribution in [-0.2, 0) is 6.61 Å². The van der Waals surface area contributed by atoms with Crippen LogP contribution in [0.5, 0.6) is 5.75 Å². The molecule has 2 rings (SSSR count). The zero-order chi connectivity index (χ0) is 13.8. The summed E-state index contributed by atoms with van der Waals surface area (Å²) >= 11 is 6.17. The van der Waals surface area contributed by atoms with Crippen LogP contribution in [0.1, 0.15) is 5.56 Å². The maximum absolute atomic E-state index is 9.04. The van der Waals surface area contributed by atoms with Crippen LogP contribution in [0.25, 0.3) is 0 Å². The molecule has 0 saturated carbocycles. The zero-order valence-corrected chi connectivity index (χ0v) is 11.6. The molecule has 0 aliphatic carbocycles. The number of hydrogen-bond acceptors (Lipinski definition) is 4. The summed E-state index contributed by atoms with van der Waals surface area (Å²) in [5.74, 6) is 1.44. The minimum Gasteiger partial charge on any atom is -0.497 e. The van der Waals surface area contributed by atoms with E-state index < -0.39 is 0 Å². The topological polar surface area (TPSA) is 45.6 Å². The number of nitrogens with zero attached hydrogens (tertiary/aromatic N) is 2. The predicted octanol–water partition coefficient (Wildman–Crippen LogP) is 3.00. The van der Waals surface area contributed by atoms with Crippen molar-refractivity contribution in [3.8, 4) is 5.75 Å². The summed E-state index contributed by atoms with van der Waals surface area (Å²) < 4.78 is 5.12. The molecular formula is C14H15ClN2O2. The van der Waals surface area contributed by atoms with Gasteiger partial charge >= 0.3 is 0 Å². The Labute approximate surface area is 117 Å². The van der Waals surface area contributed by atoms with Crippen LogP contribution >= 0.6 is 11.6 Å². The first-order chi connectivity index (χ1) is 9.15. The highest BCUT2D eigenvalue weighted by molar-refractivity contribution is 6.33. The monoisotopic (exact) mass is 278 g/mol. The van der Waals surface area contributed by atoms with Gasteiger partial charge in [0.15, 0.2) is 5.82 Å². The molecule has 5 heteroatoms. The van der Waals surface area contributed by atoms with E-state index in [1.165, 1.54) is 0 Å². The third-order valence-electron chi connectivity index (χ3n) is 2.84. The molecule has 2 aromatic rings. The molecule has 1 aromatic heterocycles. The quantitative estimate of drug-likeness (QED) is 0.934. The molecule has 0 aliphatic rings. The number of hydrogen-bond donors (Lipinski definition) is 1. The average molecular weight is 279 g/mol. The first-order valence-electron chi connectivity index (χ1n) is 5.78. The summed E-state index contributed by atoms with van der Waals surface area (Å²) in [6.45, 7) is -0.0702. The summed E-state index contributed by atoms with van der Waals surface area (Å²) in [7, 11) is 3.51. The molecule has 4 nitrogen and oxygen atoms in total. The van der Waals surface area contributed by atoms with Crippen molar-refractivity contribution in [1.82, 2.24) is 4.98 Å². The van der Waals surface area contributed by atoms with Gasteiger partial charge in [0.1, 0.15) is 5.75 Å². The number of rotatable bonds is 4. The predicted molar refractivity (Wildman–Crippen MR) is 76.2 cm³/mol. The lowest BCUT2D eigenvalue weighted by atomic mass is 10.2. The minimum atomic E-state index is -0.0702. The van der Waals surface area contributed by atoms with Gasteiger partial charge in [0.2, 0.25) is 0 Å². The van der Waals surface area contributed by atoms with Crippen molar-refractivity contribution < 1.29 is 9.84 Å². The Morgan fingerprint density at radius 3 is 2.53 bits per heavy atom. The Hall–Kier alpha value is -1.78. The van der Waals surface area contributed by atoms with Gasteiger partial charge in [-0.15, -0.1) is 0 Å². The maximum atomic E-state index is 9.04. The first-order valence-corrected chi connectivity index (χ1v) is 6.16. The Kier molecular flexibility index (Phi) is 4.24. The standard InChI is InChI=1S/C14H15ClN2O2/c1-17(11-3-5-12(19-2)6-4-11)14-13(15)7-10(9-18)8-16-14/h3-8,18H,9H2,1-2H3. The molecule has 0 atom stereocenters. The SMILES string of the molecule is COc1ccc(N(C)c2ncc(CO)cc2Cl)cc1. The van der Waals surface area contributed by atoms with E-state index in [2.05, 4.69) is 4.98 Å². The molecule has 1 heterocycles. The second-order valence-electron chi connectivity index (χ2n) is 4.06. The highest BCUT2D eigenvalue weighted by atomic mass is 35.5. The molecule has 19 heavy (non-hydrogen) atoms. The van der Waals surface area contributed by atoms with Crippen molar-refractivity contribution in [2.75, 3.05) is 19.1 Å². The van der Waals surface area contributed by atoms with Crippen molar-refractivity contribution >= 4 is 23.1 Å². The van der Waals surface area contributed by atoms with Gasteiger partial charge in [-0.2, -0.15) is 0 Å². The van der Waals surface area contributed by atoms with Crippen molar-refractivity contribution in [3.63, 3.8) is 0 Å². The Bertz CT molecular complexity index is 558. The Morgan fingerprint density at radius 1 is 1.32 bits per heavy atom. The molecule has 0 radical (unpaired) electrons. The molecule has 100 valence electrons. The molecule has 1 N–H and O–H groups in total. The van der Waals surface area contributed by atoms with Crippen LogP contribution in [0, 0.1) is 0 Å². The lowest BCUT2D eigenvalue weighted by molar-refractivity contribution is 0.281. The van der Waals surface area contributed by atoms with E-state index in [-0.39, 0.29) is 6.61 Å². The van der Waals surface area contributed by atoms with Gasteiger partial charge in [0.25, 0.3) is 0 Å². The van der Waals surface area contributed by atoms with Gasteiger partial charge in [-0.05, 0) is 35.9 Å². The zero-order valence-electron chi connectivity index (χ0n) is 10.8. The molecule has 0 amide bonds. The number of aliphatic hydroxyl groups is 1. The van der Waals surface area contributed by atoms with Crippen molar-refractivity contribution in [1.29, 1.82) is 0 Å². The third-order valence-corrected chi connectivity index (χ3v) is 3.12. The van der Waals surface area contributed by atoms with Gasteiger partial charge in [-0.3, -0.25) is 0 Å². The van der Waals surface area contributed by atoms with E-state index in [1.807, 2.05) is 36.2 Å². The molecule has 0 unspecified atom stereocenters. The molecule has 0 bridgehead atoms. The van der Waals surface area contributed by atoms with Crippen molar-refractivity contribution in [2.24, 2.45) is 0 Å². The summed E-state index contributed by atoms with van der Waals surface area (Å²) in [6, 6.07) is 9.32. The van der Waals surface area contributed by atoms with Crippen LogP contribution in [0.2, 0.25) is 5.02 Å². The number of halogens is 1. The number of anilines is 2. The van der Waals surface area contributed by atoms with Crippen LogP contribution < -0.4 is 9.64 Å². The van der Waals surface area contributed by atoms with Crippen LogP contribution in [0.15, 0.2) is 36.5 Å². The van der Waals surface area contributed by atoms with Gasteiger partial charge in [-0.25, -0.2) is 4.98 Å². The molecule has 0 fully saturated rings. The Balaban J connectivity index is 2.29. The molecule has 0 aliphatic heterocycles. The Morgan fingerprint density at radius 2 is 2.00 bits per heavy atom. The molecular weight excluding hydrogens is 264 g/mol. The fourth-order valence-corrected chi connectivity index (χ4v) is 2.05.